The number of hydrogen-bond donors (Lipinski definition) is 1. The molecule has 5 heteroatoms. The van der Waals surface area contributed by atoms with Crippen molar-refractivity contribution >= 4 is 11.8 Å². The van der Waals surface area contributed by atoms with E-state index < -0.39 is 0 Å². The van der Waals surface area contributed by atoms with Gasteiger partial charge in [-0.05, 0) is 19.3 Å². The first-order chi connectivity index (χ1) is 10.3. The number of nitrogens with zero attached hydrogens (tertiary/aromatic N) is 2. The van der Waals surface area contributed by atoms with Gasteiger partial charge in [0.15, 0.2) is 11.5 Å². The number of ether oxygens (including phenoxy) is 1. The summed E-state index contributed by atoms with van der Waals surface area (Å²) in [6.07, 6.45) is 3.50. The van der Waals surface area contributed by atoms with E-state index >= 15 is 0 Å². The normalized spacial score (nSPS) is 15.0. The molecule has 1 fully saturated rings. The Bertz CT molecular complexity index is 616. The van der Waals surface area contributed by atoms with Crippen molar-refractivity contribution < 1.29 is 9.53 Å². The molecule has 5 nitrogen and oxygen atoms in total. The van der Waals surface area contributed by atoms with Gasteiger partial charge in [-0.3, -0.25) is 0 Å². The molecule has 1 saturated heterocycles. The Labute approximate surface area is 124 Å². The fraction of sp³-hybridized carbons (Fsp3) is 0.375. The van der Waals surface area contributed by atoms with E-state index in [0.29, 0.717) is 17.3 Å². The highest BCUT2D eigenvalue weighted by molar-refractivity contribution is 5.93. The number of aromatic nitrogens is 2. The van der Waals surface area contributed by atoms with Gasteiger partial charge in [-0.15, -0.1) is 0 Å². The SMILES string of the molecule is COC(=O)c1[nH]c(-c2ccccc2)nc1N1CCCCC1. The Hall–Kier alpha value is -2.30. The van der Waals surface area contributed by atoms with Crippen molar-refractivity contribution in [2.24, 2.45) is 0 Å². The van der Waals surface area contributed by atoms with Crippen LogP contribution >= 0.6 is 0 Å². The quantitative estimate of drug-likeness (QED) is 0.881. The third-order valence-electron chi connectivity index (χ3n) is 3.78. The minimum atomic E-state index is -0.370. The third kappa shape index (κ3) is 2.77. The number of carbonyl (C=O) groups excluding carboxylic acids is 1. The van der Waals surface area contributed by atoms with Gasteiger partial charge in [0.2, 0.25) is 0 Å². The molecule has 21 heavy (non-hydrogen) atoms. The predicted octanol–water partition coefficient (Wildman–Crippen LogP) is 2.85. The van der Waals surface area contributed by atoms with Gasteiger partial charge in [0.05, 0.1) is 7.11 Å². The fourth-order valence-electron chi connectivity index (χ4n) is 2.68. The van der Waals surface area contributed by atoms with Crippen molar-refractivity contribution in [3.63, 3.8) is 0 Å². The van der Waals surface area contributed by atoms with Gasteiger partial charge >= 0.3 is 5.97 Å². The maximum Gasteiger partial charge on any atom is 0.358 e. The van der Waals surface area contributed by atoms with Crippen LogP contribution in [0, 0.1) is 0 Å². The molecule has 1 aromatic carbocycles. The Morgan fingerprint density at radius 3 is 2.57 bits per heavy atom. The molecule has 1 aliphatic rings. The third-order valence-corrected chi connectivity index (χ3v) is 3.78. The summed E-state index contributed by atoms with van der Waals surface area (Å²) in [6, 6.07) is 9.81. The van der Waals surface area contributed by atoms with Crippen molar-refractivity contribution in [3.8, 4) is 11.4 Å². The number of nitrogens with one attached hydrogen (secondary N) is 1. The standard InChI is InChI=1S/C16H19N3O2/c1-21-16(20)13-15(19-10-6-3-7-11-19)18-14(17-13)12-8-4-2-5-9-12/h2,4-5,8-9H,3,6-7,10-11H2,1H3,(H,17,18). The first-order valence-electron chi connectivity index (χ1n) is 7.28. The van der Waals surface area contributed by atoms with Crippen LogP contribution in [0.1, 0.15) is 29.8 Å². The minimum Gasteiger partial charge on any atom is -0.464 e. The van der Waals surface area contributed by atoms with Gasteiger partial charge in [0, 0.05) is 18.7 Å². The second kappa shape index (κ2) is 5.99. The van der Waals surface area contributed by atoms with E-state index in [2.05, 4.69) is 14.9 Å². The highest BCUT2D eigenvalue weighted by Gasteiger charge is 2.24. The lowest BCUT2D eigenvalue weighted by atomic mass is 10.1. The lowest BCUT2D eigenvalue weighted by Gasteiger charge is -2.27. The smallest absolute Gasteiger partial charge is 0.358 e. The van der Waals surface area contributed by atoms with Gasteiger partial charge in [0.1, 0.15) is 5.82 Å². The van der Waals surface area contributed by atoms with Crippen molar-refractivity contribution in [2.45, 2.75) is 19.3 Å². The number of rotatable bonds is 3. The van der Waals surface area contributed by atoms with Crippen LogP contribution < -0.4 is 4.90 Å². The molecule has 0 bridgehead atoms. The lowest BCUT2D eigenvalue weighted by Crippen LogP contribution is -2.31. The van der Waals surface area contributed by atoms with Crippen LogP contribution in [0.3, 0.4) is 0 Å². The second-order valence-corrected chi connectivity index (χ2v) is 5.19. The monoisotopic (exact) mass is 285 g/mol. The number of esters is 1. The molecule has 1 N–H and O–H groups in total. The maximum atomic E-state index is 12.0. The zero-order chi connectivity index (χ0) is 14.7. The van der Waals surface area contributed by atoms with E-state index in [9.17, 15) is 4.79 Å². The average Bonchev–Trinajstić information content (AvgIpc) is 3.01. The number of aromatic amines is 1. The number of imidazole rings is 1. The van der Waals surface area contributed by atoms with E-state index in [1.165, 1.54) is 13.5 Å². The molecule has 2 heterocycles. The zero-order valence-corrected chi connectivity index (χ0v) is 12.1. The van der Waals surface area contributed by atoms with Gasteiger partial charge in [-0.25, -0.2) is 9.78 Å². The number of benzene rings is 1. The second-order valence-electron chi connectivity index (χ2n) is 5.19. The summed E-state index contributed by atoms with van der Waals surface area (Å²) in [7, 11) is 1.39. The van der Waals surface area contributed by atoms with Gasteiger partial charge in [-0.2, -0.15) is 0 Å². The van der Waals surface area contributed by atoms with Gasteiger partial charge in [0.25, 0.3) is 0 Å². The summed E-state index contributed by atoms with van der Waals surface area (Å²) < 4.78 is 4.88. The van der Waals surface area contributed by atoms with E-state index in [0.717, 1.165) is 31.5 Å². The number of anilines is 1. The van der Waals surface area contributed by atoms with Crippen molar-refractivity contribution in [1.29, 1.82) is 0 Å². The Morgan fingerprint density at radius 1 is 1.19 bits per heavy atom. The average molecular weight is 285 g/mol. The molecular formula is C16H19N3O2. The largest absolute Gasteiger partial charge is 0.464 e. The summed E-state index contributed by atoms with van der Waals surface area (Å²) in [5.41, 5.74) is 1.41. The van der Waals surface area contributed by atoms with Crippen LogP contribution in [-0.4, -0.2) is 36.1 Å². The van der Waals surface area contributed by atoms with Crippen LogP contribution in [0.5, 0.6) is 0 Å². The summed E-state index contributed by atoms with van der Waals surface area (Å²) in [6.45, 7) is 1.87. The molecule has 0 unspecified atom stereocenters. The van der Waals surface area contributed by atoms with Crippen LogP contribution in [0.15, 0.2) is 30.3 Å². The summed E-state index contributed by atoms with van der Waals surface area (Å²) >= 11 is 0. The fourth-order valence-corrected chi connectivity index (χ4v) is 2.68. The summed E-state index contributed by atoms with van der Waals surface area (Å²) in [4.78, 5) is 21.9. The zero-order valence-electron chi connectivity index (χ0n) is 12.1. The molecule has 110 valence electrons. The summed E-state index contributed by atoms with van der Waals surface area (Å²) in [5.74, 6) is 1.04. The lowest BCUT2D eigenvalue weighted by molar-refractivity contribution is 0.0595. The first-order valence-corrected chi connectivity index (χ1v) is 7.28. The highest BCUT2D eigenvalue weighted by Crippen LogP contribution is 2.26. The molecule has 0 radical (unpaired) electrons. The van der Waals surface area contributed by atoms with E-state index in [1.807, 2.05) is 30.3 Å². The molecule has 0 atom stereocenters. The van der Waals surface area contributed by atoms with Crippen molar-refractivity contribution in [3.05, 3.63) is 36.0 Å². The maximum absolute atomic E-state index is 12.0. The number of piperidine rings is 1. The molecule has 2 aromatic rings. The van der Waals surface area contributed by atoms with E-state index in [4.69, 9.17) is 4.74 Å². The number of H-pyrrole nitrogens is 1. The molecule has 1 aromatic heterocycles. The Kier molecular flexibility index (Phi) is 3.90. The molecule has 3 rings (SSSR count). The highest BCUT2D eigenvalue weighted by atomic mass is 16.5. The van der Waals surface area contributed by atoms with Crippen LogP contribution in [0.4, 0.5) is 5.82 Å². The van der Waals surface area contributed by atoms with Crippen LogP contribution in [0.2, 0.25) is 0 Å². The molecule has 0 spiro atoms. The van der Waals surface area contributed by atoms with Crippen LogP contribution in [0.25, 0.3) is 11.4 Å². The molecule has 0 saturated carbocycles. The molecular weight excluding hydrogens is 266 g/mol. The Morgan fingerprint density at radius 2 is 1.90 bits per heavy atom. The predicted molar refractivity (Wildman–Crippen MR) is 81.4 cm³/mol. The topological polar surface area (TPSA) is 58.2 Å². The molecule has 0 amide bonds. The summed E-state index contributed by atoms with van der Waals surface area (Å²) in [5, 5.41) is 0. The number of carbonyl (C=O) groups is 1. The number of hydrogen-bond acceptors (Lipinski definition) is 4. The van der Waals surface area contributed by atoms with E-state index in [-0.39, 0.29) is 5.97 Å². The Balaban J connectivity index is 2.00. The van der Waals surface area contributed by atoms with Gasteiger partial charge in [-0.1, -0.05) is 30.3 Å². The molecule has 1 aliphatic heterocycles. The minimum absolute atomic E-state index is 0.370. The van der Waals surface area contributed by atoms with Gasteiger partial charge < -0.3 is 14.6 Å². The number of methoxy groups -OCH3 is 1. The molecule has 0 aliphatic carbocycles. The van der Waals surface area contributed by atoms with Crippen molar-refractivity contribution in [2.75, 3.05) is 25.1 Å². The first kappa shape index (κ1) is 13.7. The van der Waals surface area contributed by atoms with Crippen molar-refractivity contribution in [1.82, 2.24) is 9.97 Å². The van der Waals surface area contributed by atoms with Crippen LogP contribution in [-0.2, 0) is 4.74 Å². The van der Waals surface area contributed by atoms with E-state index in [1.54, 1.807) is 0 Å².